The molecule has 0 aliphatic rings. The summed E-state index contributed by atoms with van der Waals surface area (Å²) in [6, 6.07) is 11.5. The summed E-state index contributed by atoms with van der Waals surface area (Å²) in [7, 11) is 0. The van der Waals surface area contributed by atoms with Crippen molar-refractivity contribution in [1.29, 1.82) is 0 Å². The van der Waals surface area contributed by atoms with Gasteiger partial charge in [0.1, 0.15) is 23.9 Å². The van der Waals surface area contributed by atoms with Gasteiger partial charge in [-0.3, -0.25) is 10.1 Å². The molecule has 142 valence electrons. The third-order valence-electron chi connectivity index (χ3n) is 4.24. The Kier molecular flexibility index (Phi) is 4.79. The first kappa shape index (κ1) is 18.1. The monoisotopic (exact) mass is 397 g/mol. The van der Waals surface area contributed by atoms with E-state index in [-0.39, 0.29) is 18.1 Å². The molecule has 1 amide bonds. The van der Waals surface area contributed by atoms with Gasteiger partial charge in [0, 0.05) is 0 Å². The van der Waals surface area contributed by atoms with Crippen LogP contribution >= 0.6 is 11.3 Å². The van der Waals surface area contributed by atoms with E-state index in [0.717, 1.165) is 15.8 Å². The van der Waals surface area contributed by atoms with Crippen molar-refractivity contribution in [3.63, 3.8) is 0 Å². The summed E-state index contributed by atoms with van der Waals surface area (Å²) in [6.07, 6.45) is 0. The van der Waals surface area contributed by atoms with Crippen LogP contribution in [0.4, 0.5) is 9.52 Å². The van der Waals surface area contributed by atoms with Gasteiger partial charge in [-0.1, -0.05) is 28.6 Å². The number of carbonyl (C=O) groups is 1. The summed E-state index contributed by atoms with van der Waals surface area (Å²) >= 11 is 1.39. The maximum atomic E-state index is 13.0. The molecule has 0 fully saturated rings. The number of nitrogens with one attached hydrogen (secondary N) is 1. The molecule has 8 heteroatoms. The zero-order valence-corrected chi connectivity index (χ0v) is 16.0. The van der Waals surface area contributed by atoms with Crippen molar-refractivity contribution in [3.05, 3.63) is 70.9 Å². The molecule has 0 radical (unpaired) electrons. The highest BCUT2D eigenvalue weighted by atomic mass is 32.1. The minimum atomic E-state index is -0.425. The summed E-state index contributed by atoms with van der Waals surface area (Å²) in [5.74, 6) is 0.188. The van der Waals surface area contributed by atoms with Gasteiger partial charge in [0.25, 0.3) is 5.91 Å². The van der Waals surface area contributed by atoms with E-state index in [1.54, 1.807) is 6.92 Å². The molecule has 6 nitrogen and oxygen atoms in total. The molecule has 0 spiro atoms. The molecular formula is C20H16FN3O3S. The number of hydrogen-bond acceptors (Lipinski definition) is 6. The van der Waals surface area contributed by atoms with E-state index in [4.69, 9.17) is 9.26 Å². The van der Waals surface area contributed by atoms with Crippen LogP contribution in [0.1, 0.15) is 27.4 Å². The lowest BCUT2D eigenvalue weighted by molar-refractivity contribution is 0.101. The maximum absolute atomic E-state index is 13.0. The Morgan fingerprint density at radius 2 is 2.00 bits per heavy atom. The number of para-hydroxylation sites is 1. The van der Waals surface area contributed by atoms with E-state index in [1.165, 1.54) is 35.6 Å². The van der Waals surface area contributed by atoms with Crippen molar-refractivity contribution in [2.75, 3.05) is 5.32 Å². The zero-order chi connectivity index (χ0) is 19.7. The van der Waals surface area contributed by atoms with Gasteiger partial charge in [0.05, 0.1) is 15.8 Å². The Morgan fingerprint density at radius 1 is 1.21 bits per heavy atom. The molecule has 2 heterocycles. The highest BCUT2D eigenvalue weighted by Crippen LogP contribution is 2.28. The Hall–Kier alpha value is -3.26. The first-order valence-electron chi connectivity index (χ1n) is 8.52. The summed E-state index contributed by atoms with van der Waals surface area (Å²) in [5.41, 5.74) is 2.56. The van der Waals surface area contributed by atoms with Gasteiger partial charge in [0.2, 0.25) is 0 Å². The van der Waals surface area contributed by atoms with Gasteiger partial charge in [-0.15, -0.1) is 0 Å². The number of anilines is 1. The van der Waals surface area contributed by atoms with Crippen molar-refractivity contribution in [2.24, 2.45) is 0 Å². The Morgan fingerprint density at radius 3 is 2.75 bits per heavy atom. The Balaban J connectivity index is 1.52. The minimum absolute atomic E-state index is 0.0721. The molecule has 4 aromatic rings. The molecular weight excluding hydrogens is 381 g/mol. The highest BCUT2D eigenvalue weighted by molar-refractivity contribution is 7.22. The predicted octanol–water partition coefficient (Wildman–Crippen LogP) is 4.87. The third-order valence-corrected chi connectivity index (χ3v) is 5.17. The molecule has 2 aromatic carbocycles. The van der Waals surface area contributed by atoms with Crippen molar-refractivity contribution >= 4 is 32.6 Å². The molecule has 2 aromatic heterocycles. The number of nitrogens with zero attached hydrogens (tertiary/aromatic N) is 2. The van der Waals surface area contributed by atoms with Crippen LogP contribution in [-0.4, -0.2) is 16.0 Å². The van der Waals surface area contributed by atoms with E-state index in [9.17, 15) is 9.18 Å². The number of ether oxygens (including phenoxy) is 1. The summed E-state index contributed by atoms with van der Waals surface area (Å²) in [4.78, 5) is 17.2. The topological polar surface area (TPSA) is 77.3 Å². The Bertz CT molecular complexity index is 1150. The third kappa shape index (κ3) is 3.59. The van der Waals surface area contributed by atoms with Gasteiger partial charge < -0.3 is 9.26 Å². The number of rotatable bonds is 5. The predicted molar refractivity (Wildman–Crippen MR) is 104 cm³/mol. The highest BCUT2D eigenvalue weighted by Gasteiger charge is 2.21. The number of aromatic nitrogens is 2. The van der Waals surface area contributed by atoms with Gasteiger partial charge in [-0.25, -0.2) is 9.37 Å². The molecule has 0 aliphatic heterocycles. The van der Waals surface area contributed by atoms with E-state index in [1.807, 2.05) is 25.1 Å². The van der Waals surface area contributed by atoms with Crippen LogP contribution in [0.15, 0.2) is 47.0 Å². The number of amides is 1. The van der Waals surface area contributed by atoms with Gasteiger partial charge in [-0.2, -0.15) is 0 Å². The second-order valence-electron chi connectivity index (χ2n) is 6.20. The molecule has 0 aliphatic carbocycles. The lowest BCUT2D eigenvalue weighted by atomic mass is 10.2. The second-order valence-corrected chi connectivity index (χ2v) is 7.23. The van der Waals surface area contributed by atoms with E-state index < -0.39 is 5.91 Å². The minimum Gasteiger partial charge on any atom is -0.489 e. The fourth-order valence-electron chi connectivity index (χ4n) is 2.72. The van der Waals surface area contributed by atoms with Crippen molar-refractivity contribution in [1.82, 2.24) is 10.1 Å². The SMILES string of the molecule is Cc1onc(C(=O)Nc2nc3c(C)cccc3s2)c1COc1ccc(F)cc1. The van der Waals surface area contributed by atoms with Crippen LogP contribution < -0.4 is 10.1 Å². The quantitative estimate of drug-likeness (QED) is 0.520. The molecule has 1 N–H and O–H groups in total. The fourth-order valence-corrected chi connectivity index (χ4v) is 3.66. The average molecular weight is 397 g/mol. The van der Waals surface area contributed by atoms with Gasteiger partial charge in [-0.05, 0) is 49.7 Å². The standard InChI is InChI=1S/C20H16FN3O3S/c1-11-4-3-5-16-17(11)22-20(28-16)23-19(25)18-15(12(2)27-24-18)10-26-14-8-6-13(21)7-9-14/h3-9H,10H2,1-2H3,(H,22,23,25). The second kappa shape index (κ2) is 7.40. The fraction of sp³-hybridized carbons (Fsp3) is 0.150. The Labute approximate surface area is 164 Å². The van der Waals surface area contributed by atoms with Crippen molar-refractivity contribution in [2.45, 2.75) is 20.5 Å². The van der Waals surface area contributed by atoms with E-state index >= 15 is 0 Å². The first-order valence-corrected chi connectivity index (χ1v) is 9.34. The lowest BCUT2D eigenvalue weighted by Crippen LogP contribution is -2.15. The number of benzene rings is 2. The molecule has 0 saturated heterocycles. The normalized spacial score (nSPS) is 11.0. The molecule has 28 heavy (non-hydrogen) atoms. The zero-order valence-electron chi connectivity index (χ0n) is 15.2. The lowest BCUT2D eigenvalue weighted by Gasteiger charge is -2.06. The van der Waals surface area contributed by atoms with Crippen LogP contribution in [0.2, 0.25) is 0 Å². The van der Waals surface area contributed by atoms with Crippen LogP contribution in [0.25, 0.3) is 10.2 Å². The summed E-state index contributed by atoms with van der Waals surface area (Å²) < 4.78 is 24.8. The van der Waals surface area contributed by atoms with Crippen LogP contribution in [0, 0.1) is 19.7 Å². The summed E-state index contributed by atoms with van der Waals surface area (Å²) in [6.45, 7) is 3.75. The maximum Gasteiger partial charge on any atom is 0.280 e. The summed E-state index contributed by atoms with van der Waals surface area (Å²) in [5, 5.41) is 7.12. The molecule has 0 saturated carbocycles. The van der Waals surface area contributed by atoms with Crippen LogP contribution in [-0.2, 0) is 6.61 Å². The number of thiazole rings is 1. The number of halogens is 1. The van der Waals surface area contributed by atoms with Crippen LogP contribution in [0.3, 0.4) is 0 Å². The van der Waals surface area contributed by atoms with Gasteiger partial charge in [0.15, 0.2) is 10.8 Å². The van der Waals surface area contributed by atoms with E-state index in [0.29, 0.717) is 22.2 Å². The van der Waals surface area contributed by atoms with Gasteiger partial charge >= 0.3 is 0 Å². The smallest absolute Gasteiger partial charge is 0.280 e. The van der Waals surface area contributed by atoms with Crippen molar-refractivity contribution in [3.8, 4) is 5.75 Å². The number of hydrogen-bond donors (Lipinski definition) is 1. The van der Waals surface area contributed by atoms with Crippen LogP contribution in [0.5, 0.6) is 5.75 Å². The number of fused-ring (bicyclic) bond motifs is 1. The molecule has 0 unspecified atom stereocenters. The van der Waals surface area contributed by atoms with Crippen molar-refractivity contribution < 1.29 is 18.4 Å². The molecule has 0 bridgehead atoms. The first-order chi connectivity index (χ1) is 13.5. The molecule has 4 rings (SSSR count). The number of carbonyl (C=O) groups excluding carboxylic acids is 1. The average Bonchev–Trinajstić information content (AvgIpc) is 3.25. The largest absolute Gasteiger partial charge is 0.489 e. The molecule has 0 atom stereocenters. The van der Waals surface area contributed by atoms with E-state index in [2.05, 4.69) is 15.5 Å². The number of aryl methyl sites for hydroxylation is 2.